The molecule has 0 aliphatic carbocycles. The second-order valence-corrected chi connectivity index (χ2v) is 7.35. The fourth-order valence-corrected chi connectivity index (χ4v) is 2.55. The standard InChI is InChI=1S/C15H17N5O5S/c1-19(2)10-4-6-12(13(8-10)18-26(3,24)25)16-17-14-9-11(20(22)23)5-7-15(14)21/h4-9,18,21H,1-3H3. The van der Waals surface area contributed by atoms with E-state index in [2.05, 4.69) is 15.0 Å². The lowest BCUT2D eigenvalue weighted by atomic mass is 10.2. The Morgan fingerprint density at radius 3 is 2.35 bits per heavy atom. The lowest BCUT2D eigenvalue weighted by Crippen LogP contribution is -2.12. The van der Waals surface area contributed by atoms with Crippen LogP contribution in [0.25, 0.3) is 0 Å². The molecule has 0 unspecified atom stereocenters. The third-order valence-corrected chi connectivity index (χ3v) is 3.82. The molecule has 26 heavy (non-hydrogen) atoms. The fourth-order valence-electron chi connectivity index (χ4n) is 1.98. The summed E-state index contributed by atoms with van der Waals surface area (Å²) < 4.78 is 25.5. The Morgan fingerprint density at radius 2 is 1.77 bits per heavy atom. The van der Waals surface area contributed by atoms with Gasteiger partial charge in [-0.2, -0.15) is 0 Å². The number of sulfonamides is 1. The van der Waals surface area contributed by atoms with Gasteiger partial charge in [0.1, 0.15) is 17.1 Å². The lowest BCUT2D eigenvalue weighted by molar-refractivity contribution is -0.384. The molecule has 2 N–H and O–H groups in total. The molecule has 0 saturated heterocycles. The predicted molar refractivity (Wildman–Crippen MR) is 98.2 cm³/mol. The Balaban J connectivity index is 2.47. The first-order valence-electron chi connectivity index (χ1n) is 7.25. The number of azo groups is 1. The van der Waals surface area contributed by atoms with Gasteiger partial charge in [-0.05, 0) is 24.3 Å². The number of benzene rings is 2. The van der Waals surface area contributed by atoms with Crippen LogP contribution in [0.4, 0.5) is 28.4 Å². The molecule has 0 atom stereocenters. The van der Waals surface area contributed by atoms with Crippen molar-refractivity contribution < 1.29 is 18.4 Å². The van der Waals surface area contributed by atoms with Crippen LogP contribution in [-0.2, 0) is 10.0 Å². The zero-order chi connectivity index (χ0) is 19.5. The van der Waals surface area contributed by atoms with Crippen molar-refractivity contribution >= 4 is 38.5 Å². The molecule has 0 radical (unpaired) electrons. The Morgan fingerprint density at radius 1 is 1.12 bits per heavy atom. The molecule has 0 amide bonds. The maximum atomic E-state index is 11.6. The molecule has 0 aliphatic rings. The van der Waals surface area contributed by atoms with Gasteiger partial charge in [0.05, 0.1) is 16.9 Å². The summed E-state index contributed by atoms with van der Waals surface area (Å²) in [4.78, 5) is 12.0. The first-order chi connectivity index (χ1) is 12.1. The van der Waals surface area contributed by atoms with E-state index in [1.54, 1.807) is 37.2 Å². The number of aromatic hydroxyl groups is 1. The zero-order valence-corrected chi connectivity index (χ0v) is 15.1. The van der Waals surface area contributed by atoms with E-state index >= 15 is 0 Å². The maximum absolute atomic E-state index is 11.6. The quantitative estimate of drug-likeness (QED) is 0.449. The van der Waals surface area contributed by atoms with Crippen LogP contribution in [0.2, 0.25) is 0 Å². The average Bonchev–Trinajstić information content (AvgIpc) is 2.53. The number of hydrogen-bond donors (Lipinski definition) is 2. The molecule has 0 aliphatic heterocycles. The van der Waals surface area contributed by atoms with E-state index in [0.29, 0.717) is 0 Å². The van der Waals surface area contributed by atoms with Crippen molar-refractivity contribution in [3.8, 4) is 5.75 Å². The van der Waals surface area contributed by atoms with E-state index in [-0.39, 0.29) is 28.5 Å². The van der Waals surface area contributed by atoms with Gasteiger partial charge in [-0.3, -0.25) is 14.8 Å². The number of hydrogen-bond acceptors (Lipinski definition) is 8. The van der Waals surface area contributed by atoms with Crippen molar-refractivity contribution in [2.75, 3.05) is 30.0 Å². The van der Waals surface area contributed by atoms with Crippen molar-refractivity contribution in [1.29, 1.82) is 0 Å². The predicted octanol–water partition coefficient (Wildman–Crippen LogP) is 3.15. The molecule has 0 aromatic heterocycles. The second kappa shape index (κ2) is 7.35. The summed E-state index contributed by atoms with van der Waals surface area (Å²) in [5.41, 5.74) is 0.739. The van der Waals surface area contributed by atoms with E-state index < -0.39 is 14.9 Å². The van der Waals surface area contributed by atoms with Crippen LogP contribution in [-0.4, -0.2) is 38.8 Å². The van der Waals surface area contributed by atoms with Gasteiger partial charge in [-0.15, -0.1) is 10.2 Å². The van der Waals surface area contributed by atoms with Crippen LogP contribution in [0.3, 0.4) is 0 Å². The molecule has 0 spiro atoms. The number of nitrogens with one attached hydrogen (secondary N) is 1. The largest absolute Gasteiger partial charge is 0.506 e. The SMILES string of the molecule is CN(C)c1ccc(N=Nc2cc([N+](=O)[O-])ccc2O)c(NS(C)(=O)=O)c1. The number of nitrogens with zero attached hydrogens (tertiary/aromatic N) is 4. The van der Waals surface area contributed by atoms with Crippen molar-refractivity contribution in [3.63, 3.8) is 0 Å². The molecular formula is C15H17N5O5S. The normalized spacial score (nSPS) is 11.5. The topological polar surface area (TPSA) is 138 Å². The number of anilines is 2. The second-order valence-electron chi connectivity index (χ2n) is 5.60. The minimum Gasteiger partial charge on any atom is -0.506 e. The van der Waals surface area contributed by atoms with E-state index in [1.165, 1.54) is 0 Å². The summed E-state index contributed by atoms with van der Waals surface area (Å²) in [5.74, 6) is -0.290. The average molecular weight is 379 g/mol. The maximum Gasteiger partial charge on any atom is 0.271 e. The van der Waals surface area contributed by atoms with Crippen molar-refractivity contribution in [2.45, 2.75) is 0 Å². The van der Waals surface area contributed by atoms with E-state index in [1.807, 2.05) is 0 Å². The molecule has 138 valence electrons. The van der Waals surface area contributed by atoms with Gasteiger partial charge in [0.2, 0.25) is 10.0 Å². The van der Waals surface area contributed by atoms with Crippen LogP contribution < -0.4 is 9.62 Å². The smallest absolute Gasteiger partial charge is 0.271 e. The van der Waals surface area contributed by atoms with Crippen LogP contribution in [0.15, 0.2) is 46.6 Å². The molecule has 10 nitrogen and oxygen atoms in total. The first kappa shape index (κ1) is 19.1. The number of nitro benzene ring substituents is 1. The van der Waals surface area contributed by atoms with Gasteiger partial charge < -0.3 is 10.0 Å². The number of phenolic OH excluding ortho intramolecular Hbond substituents is 1. The zero-order valence-electron chi connectivity index (χ0n) is 14.2. The Kier molecular flexibility index (Phi) is 5.41. The van der Waals surface area contributed by atoms with Gasteiger partial charge in [0, 0.05) is 31.9 Å². The Hall–Kier alpha value is -3.21. The van der Waals surface area contributed by atoms with Crippen LogP contribution in [0, 0.1) is 10.1 Å². The highest BCUT2D eigenvalue weighted by atomic mass is 32.2. The monoisotopic (exact) mass is 379 g/mol. The van der Waals surface area contributed by atoms with E-state index in [0.717, 1.165) is 30.1 Å². The fraction of sp³-hybridized carbons (Fsp3) is 0.200. The van der Waals surface area contributed by atoms with Gasteiger partial charge in [-0.25, -0.2) is 8.42 Å². The van der Waals surface area contributed by atoms with E-state index in [4.69, 9.17) is 0 Å². The summed E-state index contributed by atoms with van der Waals surface area (Å²) in [7, 11) is 0.0270. The molecule has 0 saturated carbocycles. The third-order valence-electron chi connectivity index (χ3n) is 3.23. The van der Waals surface area contributed by atoms with Gasteiger partial charge >= 0.3 is 0 Å². The molecule has 0 bridgehead atoms. The summed E-state index contributed by atoms with van der Waals surface area (Å²) in [5, 5.41) is 28.3. The number of nitro groups is 1. The highest BCUT2D eigenvalue weighted by Gasteiger charge is 2.12. The van der Waals surface area contributed by atoms with Crippen LogP contribution in [0.1, 0.15) is 0 Å². The first-order valence-corrected chi connectivity index (χ1v) is 9.14. The van der Waals surface area contributed by atoms with Gasteiger partial charge in [-0.1, -0.05) is 0 Å². The highest BCUT2D eigenvalue weighted by Crippen LogP contribution is 2.35. The lowest BCUT2D eigenvalue weighted by Gasteiger charge is -2.15. The van der Waals surface area contributed by atoms with Gasteiger partial charge in [0.25, 0.3) is 5.69 Å². The van der Waals surface area contributed by atoms with Crippen LogP contribution in [0.5, 0.6) is 5.75 Å². The molecule has 11 heteroatoms. The Labute approximate surface area is 150 Å². The molecular weight excluding hydrogens is 362 g/mol. The number of rotatable bonds is 6. The summed E-state index contributed by atoms with van der Waals surface area (Å²) >= 11 is 0. The minimum absolute atomic E-state index is 0.110. The third kappa shape index (κ3) is 4.89. The molecule has 2 aromatic carbocycles. The van der Waals surface area contributed by atoms with Gasteiger partial charge in [0.15, 0.2) is 0 Å². The summed E-state index contributed by atoms with van der Waals surface area (Å²) in [6.07, 6.45) is 1.00. The summed E-state index contributed by atoms with van der Waals surface area (Å²) in [6.45, 7) is 0. The molecule has 0 fully saturated rings. The Bertz CT molecular complexity index is 972. The molecule has 2 rings (SSSR count). The highest BCUT2D eigenvalue weighted by molar-refractivity contribution is 7.92. The summed E-state index contributed by atoms with van der Waals surface area (Å²) in [6, 6.07) is 8.16. The van der Waals surface area contributed by atoms with Crippen LogP contribution >= 0.6 is 0 Å². The number of phenols is 1. The van der Waals surface area contributed by atoms with Crippen molar-refractivity contribution in [2.24, 2.45) is 10.2 Å². The van der Waals surface area contributed by atoms with Crippen molar-refractivity contribution in [3.05, 3.63) is 46.5 Å². The molecule has 2 aromatic rings. The molecule has 0 heterocycles. The van der Waals surface area contributed by atoms with E-state index in [9.17, 15) is 23.6 Å². The minimum atomic E-state index is -3.56. The van der Waals surface area contributed by atoms with Crippen molar-refractivity contribution in [1.82, 2.24) is 0 Å². The number of non-ortho nitro benzene ring substituents is 1.